The van der Waals surface area contributed by atoms with Gasteiger partial charge in [-0.15, -0.1) is 0 Å². The fourth-order valence-corrected chi connectivity index (χ4v) is 1.05. The molecule has 0 aromatic carbocycles. The Kier molecular flexibility index (Phi) is 3.84. The third-order valence-electron chi connectivity index (χ3n) is 1.75. The second-order valence-corrected chi connectivity index (χ2v) is 2.71. The second-order valence-electron chi connectivity index (χ2n) is 2.71. The molecule has 1 aromatic rings. The van der Waals surface area contributed by atoms with E-state index in [2.05, 4.69) is 0 Å². The predicted octanol–water partition coefficient (Wildman–Crippen LogP) is 1.74. The topological polar surface area (TPSA) is 42.6 Å². The summed E-state index contributed by atoms with van der Waals surface area (Å²) in [5.41, 5.74) is 0.839. The van der Waals surface area contributed by atoms with Crippen LogP contribution in [-0.4, -0.2) is 18.8 Å². The van der Waals surface area contributed by atoms with Gasteiger partial charge in [0.1, 0.15) is 0 Å². The van der Waals surface area contributed by atoms with Crippen molar-refractivity contribution >= 4 is 0 Å². The molecule has 0 amide bonds. The van der Waals surface area contributed by atoms with Crippen LogP contribution in [0.3, 0.4) is 0 Å². The summed E-state index contributed by atoms with van der Waals surface area (Å²) < 4.78 is 9.73. The van der Waals surface area contributed by atoms with Gasteiger partial charge in [0.05, 0.1) is 18.6 Å². The maximum absolute atomic E-state index is 9.52. The molecule has 0 aliphatic heterocycles. The molecule has 1 aromatic heterocycles. The highest BCUT2D eigenvalue weighted by Gasteiger charge is 2.07. The molecule has 0 bridgehead atoms. The van der Waals surface area contributed by atoms with Crippen molar-refractivity contribution in [1.82, 2.24) is 0 Å². The van der Waals surface area contributed by atoms with Crippen LogP contribution < -0.4 is 0 Å². The average Bonchev–Trinajstić information content (AvgIpc) is 2.56. The molecule has 1 heterocycles. The van der Waals surface area contributed by atoms with Crippen molar-refractivity contribution < 1.29 is 14.3 Å². The molecule has 3 heteroatoms. The number of aliphatic hydroxyl groups is 1. The Morgan fingerprint density at radius 2 is 2.50 bits per heavy atom. The van der Waals surface area contributed by atoms with E-state index in [0.29, 0.717) is 13.0 Å². The maximum atomic E-state index is 9.52. The van der Waals surface area contributed by atoms with E-state index in [-0.39, 0.29) is 0 Å². The van der Waals surface area contributed by atoms with Crippen molar-refractivity contribution in [3.8, 4) is 0 Å². The van der Waals surface area contributed by atoms with Crippen molar-refractivity contribution in [2.45, 2.75) is 18.9 Å². The minimum Gasteiger partial charge on any atom is -0.472 e. The van der Waals surface area contributed by atoms with Gasteiger partial charge < -0.3 is 14.3 Å². The van der Waals surface area contributed by atoms with Gasteiger partial charge >= 0.3 is 0 Å². The predicted molar refractivity (Wildman–Crippen MR) is 44.8 cm³/mol. The molecule has 1 rings (SSSR count). The number of furan rings is 1. The number of hydrogen-bond acceptors (Lipinski definition) is 3. The highest BCUT2D eigenvalue weighted by molar-refractivity contribution is 5.08. The van der Waals surface area contributed by atoms with Crippen LogP contribution in [0.25, 0.3) is 0 Å². The van der Waals surface area contributed by atoms with E-state index in [1.165, 1.54) is 0 Å². The summed E-state index contributed by atoms with van der Waals surface area (Å²) in [7, 11) is 1.66. The van der Waals surface area contributed by atoms with Gasteiger partial charge in [-0.25, -0.2) is 0 Å². The van der Waals surface area contributed by atoms with Crippen LogP contribution in [0.2, 0.25) is 0 Å². The van der Waals surface area contributed by atoms with Crippen LogP contribution in [0.15, 0.2) is 23.0 Å². The summed E-state index contributed by atoms with van der Waals surface area (Å²) in [4.78, 5) is 0. The smallest absolute Gasteiger partial charge is 0.0960 e. The molecule has 1 unspecified atom stereocenters. The molecule has 68 valence electrons. The Labute approximate surface area is 72.0 Å². The highest BCUT2D eigenvalue weighted by atomic mass is 16.5. The monoisotopic (exact) mass is 170 g/mol. The van der Waals surface area contributed by atoms with E-state index in [9.17, 15) is 5.11 Å². The normalized spacial score (nSPS) is 13.2. The fraction of sp³-hybridized carbons (Fsp3) is 0.556. The largest absolute Gasteiger partial charge is 0.472 e. The van der Waals surface area contributed by atoms with Gasteiger partial charge in [-0.05, 0) is 18.9 Å². The molecule has 0 aliphatic rings. The first kappa shape index (κ1) is 9.29. The Bertz CT molecular complexity index is 194. The lowest BCUT2D eigenvalue weighted by Crippen LogP contribution is -1.98. The third kappa shape index (κ3) is 2.68. The van der Waals surface area contributed by atoms with Gasteiger partial charge in [-0.1, -0.05) is 0 Å². The minimum atomic E-state index is -0.418. The zero-order valence-electron chi connectivity index (χ0n) is 7.19. The van der Waals surface area contributed by atoms with Gasteiger partial charge in [-0.2, -0.15) is 0 Å². The Balaban J connectivity index is 2.25. The maximum Gasteiger partial charge on any atom is 0.0960 e. The fourth-order valence-electron chi connectivity index (χ4n) is 1.05. The second kappa shape index (κ2) is 4.95. The van der Waals surface area contributed by atoms with Crippen LogP contribution in [0.4, 0.5) is 0 Å². The number of aliphatic hydroxyl groups excluding tert-OH is 1. The number of methoxy groups -OCH3 is 1. The van der Waals surface area contributed by atoms with Crippen molar-refractivity contribution in [2.75, 3.05) is 13.7 Å². The van der Waals surface area contributed by atoms with E-state index < -0.39 is 6.10 Å². The lowest BCUT2D eigenvalue weighted by molar-refractivity contribution is 0.136. The van der Waals surface area contributed by atoms with Crippen molar-refractivity contribution in [3.63, 3.8) is 0 Å². The molecule has 0 radical (unpaired) electrons. The summed E-state index contributed by atoms with van der Waals surface area (Å²) in [5, 5.41) is 9.52. The van der Waals surface area contributed by atoms with Crippen LogP contribution in [-0.2, 0) is 4.74 Å². The number of ether oxygens (including phenoxy) is 1. The molecular formula is C9H14O3. The first-order valence-corrected chi connectivity index (χ1v) is 4.03. The summed E-state index contributed by atoms with van der Waals surface area (Å²) in [5.74, 6) is 0. The van der Waals surface area contributed by atoms with Gasteiger partial charge in [0.25, 0.3) is 0 Å². The van der Waals surface area contributed by atoms with Gasteiger partial charge in [-0.3, -0.25) is 0 Å². The Morgan fingerprint density at radius 3 is 3.08 bits per heavy atom. The average molecular weight is 170 g/mol. The summed E-state index contributed by atoms with van der Waals surface area (Å²) in [6.45, 7) is 0.689. The minimum absolute atomic E-state index is 0.418. The van der Waals surface area contributed by atoms with E-state index >= 15 is 0 Å². The first-order valence-electron chi connectivity index (χ1n) is 4.03. The molecular weight excluding hydrogens is 156 g/mol. The van der Waals surface area contributed by atoms with Crippen molar-refractivity contribution in [1.29, 1.82) is 0 Å². The Hall–Kier alpha value is -0.800. The zero-order chi connectivity index (χ0) is 8.81. The molecule has 0 fully saturated rings. The summed E-state index contributed by atoms with van der Waals surface area (Å²) >= 11 is 0. The molecule has 12 heavy (non-hydrogen) atoms. The summed E-state index contributed by atoms with van der Waals surface area (Å²) in [6.07, 6.45) is 4.29. The third-order valence-corrected chi connectivity index (χ3v) is 1.75. The molecule has 0 aliphatic carbocycles. The molecule has 0 saturated carbocycles. The number of rotatable bonds is 5. The number of hydrogen-bond donors (Lipinski definition) is 1. The van der Waals surface area contributed by atoms with Gasteiger partial charge in [0, 0.05) is 19.3 Å². The molecule has 1 N–H and O–H groups in total. The van der Waals surface area contributed by atoms with Crippen LogP contribution in [0, 0.1) is 0 Å². The van der Waals surface area contributed by atoms with Gasteiger partial charge in [0.15, 0.2) is 0 Å². The van der Waals surface area contributed by atoms with E-state index in [1.807, 2.05) is 0 Å². The zero-order valence-corrected chi connectivity index (χ0v) is 7.19. The first-order chi connectivity index (χ1) is 5.84. The highest BCUT2D eigenvalue weighted by Crippen LogP contribution is 2.17. The van der Waals surface area contributed by atoms with Crippen LogP contribution in [0.5, 0.6) is 0 Å². The molecule has 0 saturated heterocycles. The summed E-state index contributed by atoms with van der Waals surface area (Å²) in [6, 6.07) is 1.78. The van der Waals surface area contributed by atoms with E-state index in [1.54, 1.807) is 25.7 Å². The quantitative estimate of drug-likeness (QED) is 0.684. The van der Waals surface area contributed by atoms with Gasteiger partial charge in [0.2, 0.25) is 0 Å². The standard InChI is InChI=1S/C9H14O3/c1-11-5-2-3-9(10)8-4-6-12-7-8/h4,6-7,9-10H,2-3,5H2,1H3. The molecule has 0 spiro atoms. The van der Waals surface area contributed by atoms with Crippen LogP contribution in [0.1, 0.15) is 24.5 Å². The van der Waals surface area contributed by atoms with Crippen molar-refractivity contribution in [2.24, 2.45) is 0 Å². The van der Waals surface area contributed by atoms with E-state index in [0.717, 1.165) is 12.0 Å². The van der Waals surface area contributed by atoms with Crippen molar-refractivity contribution in [3.05, 3.63) is 24.2 Å². The Morgan fingerprint density at radius 1 is 1.67 bits per heavy atom. The SMILES string of the molecule is COCCCC(O)c1ccoc1. The van der Waals surface area contributed by atoms with Crippen LogP contribution >= 0.6 is 0 Å². The van der Waals surface area contributed by atoms with E-state index in [4.69, 9.17) is 9.15 Å². The lowest BCUT2D eigenvalue weighted by atomic mass is 10.1. The lowest BCUT2D eigenvalue weighted by Gasteiger charge is -2.06. The molecule has 1 atom stereocenters. The molecule has 3 nitrogen and oxygen atoms in total.